The van der Waals surface area contributed by atoms with E-state index in [9.17, 15) is 14.3 Å². The molecule has 1 aliphatic rings. The molecule has 25 heavy (non-hydrogen) atoms. The second-order valence-electron chi connectivity index (χ2n) is 5.43. The number of ether oxygens (including phenoxy) is 2. The van der Waals surface area contributed by atoms with E-state index < -0.39 is 24.2 Å². The molecule has 2 atom stereocenters. The second-order valence-corrected chi connectivity index (χ2v) is 5.43. The van der Waals surface area contributed by atoms with Gasteiger partial charge in [-0.3, -0.25) is 0 Å². The number of aromatic nitrogens is 1. The van der Waals surface area contributed by atoms with Crippen molar-refractivity contribution in [2.75, 3.05) is 7.11 Å². The normalized spacial score (nSPS) is 19.7. The Kier molecular flexibility index (Phi) is 5.11. The number of benzene rings is 1. The number of carbonyl (C=O) groups excluding carboxylic acids is 1. The Morgan fingerprint density at radius 2 is 2.20 bits per heavy atom. The summed E-state index contributed by atoms with van der Waals surface area (Å²) in [5, 5.41) is 10.7. The maximum absolute atomic E-state index is 13.6. The number of methoxy groups -OCH3 is 1. The van der Waals surface area contributed by atoms with Crippen molar-refractivity contribution < 1.29 is 28.6 Å². The quantitative estimate of drug-likeness (QED) is 0.915. The summed E-state index contributed by atoms with van der Waals surface area (Å²) in [6.07, 6.45) is -0.965. The van der Waals surface area contributed by atoms with E-state index in [2.05, 4.69) is 4.98 Å². The summed E-state index contributed by atoms with van der Waals surface area (Å²) < 4.78 is 23.9. The Morgan fingerprint density at radius 3 is 2.92 bits per heavy atom. The van der Waals surface area contributed by atoms with Crippen molar-refractivity contribution in [1.82, 2.24) is 10.0 Å². The molecule has 1 aliphatic heterocycles. The van der Waals surface area contributed by atoms with E-state index in [0.29, 0.717) is 0 Å². The van der Waals surface area contributed by atoms with E-state index in [0.717, 1.165) is 16.8 Å². The number of nitrogens with zero attached hydrogens (tertiary/aromatic N) is 2. The Bertz CT molecular complexity index is 743. The monoisotopic (exact) mass is 348 g/mol. The van der Waals surface area contributed by atoms with E-state index in [1.165, 1.54) is 13.2 Å². The Balaban J connectivity index is 1.77. The van der Waals surface area contributed by atoms with Crippen LogP contribution in [0.3, 0.4) is 0 Å². The molecule has 1 aromatic heterocycles. The molecule has 3 rings (SSSR count). The Morgan fingerprint density at radius 1 is 1.44 bits per heavy atom. The van der Waals surface area contributed by atoms with Crippen LogP contribution >= 0.6 is 0 Å². The predicted molar refractivity (Wildman–Crippen MR) is 83.7 cm³/mol. The lowest BCUT2D eigenvalue weighted by molar-refractivity contribution is -0.203. The summed E-state index contributed by atoms with van der Waals surface area (Å²) in [6, 6.07) is 9.53. The van der Waals surface area contributed by atoms with Crippen molar-refractivity contribution in [3.8, 4) is 5.88 Å². The van der Waals surface area contributed by atoms with Gasteiger partial charge in [0.25, 0.3) is 0 Å². The van der Waals surface area contributed by atoms with Crippen molar-refractivity contribution in [1.29, 1.82) is 0 Å². The molecule has 2 heterocycles. The van der Waals surface area contributed by atoms with Crippen LogP contribution in [0.4, 0.5) is 9.18 Å². The Hall–Kier alpha value is -2.71. The molecular formula is C17H17FN2O5. The summed E-state index contributed by atoms with van der Waals surface area (Å²) in [4.78, 5) is 21.3. The molecule has 1 amide bonds. The molecule has 0 aliphatic carbocycles. The van der Waals surface area contributed by atoms with Crippen LogP contribution < -0.4 is 4.74 Å². The SMILES string of the molecule is COc1ncc(F)cc1[C@H]1CC(O)ON1C(=O)OCc1ccccc1. The van der Waals surface area contributed by atoms with Gasteiger partial charge >= 0.3 is 6.09 Å². The zero-order chi connectivity index (χ0) is 17.8. The number of amides is 1. The lowest BCUT2D eigenvalue weighted by Crippen LogP contribution is -2.31. The van der Waals surface area contributed by atoms with E-state index >= 15 is 0 Å². The van der Waals surface area contributed by atoms with Gasteiger partial charge in [0.05, 0.1) is 19.3 Å². The molecule has 0 radical (unpaired) electrons. The number of rotatable bonds is 4. The van der Waals surface area contributed by atoms with Gasteiger partial charge in [-0.15, -0.1) is 0 Å². The fourth-order valence-corrected chi connectivity index (χ4v) is 2.59. The molecular weight excluding hydrogens is 331 g/mol. The van der Waals surface area contributed by atoms with Gasteiger partial charge in [-0.2, -0.15) is 5.06 Å². The molecule has 1 N–H and O–H groups in total. The molecule has 0 bridgehead atoms. The second kappa shape index (κ2) is 7.45. The number of hydrogen-bond acceptors (Lipinski definition) is 6. The first-order valence-corrected chi connectivity index (χ1v) is 7.62. The zero-order valence-corrected chi connectivity index (χ0v) is 13.5. The number of aliphatic hydroxyl groups excluding tert-OH is 1. The van der Waals surface area contributed by atoms with E-state index in [-0.39, 0.29) is 24.5 Å². The molecule has 0 spiro atoms. The highest BCUT2D eigenvalue weighted by Gasteiger charge is 2.40. The molecule has 0 saturated carbocycles. The van der Waals surface area contributed by atoms with Gasteiger partial charge in [0.1, 0.15) is 12.4 Å². The highest BCUT2D eigenvalue weighted by atomic mass is 19.1. The van der Waals surface area contributed by atoms with Crippen LogP contribution in [0, 0.1) is 5.82 Å². The van der Waals surface area contributed by atoms with Crippen LogP contribution in [0.2, 0.25) is 0 Å². The molecule has 1 aromatic carbocycles. The van der Waals surface area contributed by atoms with Crippen LogP contribution in [0.1, 0.15) is 23.6 Å². The van der Waals surface area contributed by atoms with Crippen LogP contribution in [0.5, 0.6) is 5.88 Å². The smallest absolute Gasteiger partial charge is 0.434 e. The maximum atomic E-state index is 13.6. The standard InChI is InChI=1S/C17H17FN2O5/c1-23-16-13(7-12(18)9-19-16)14-8-15(21)25-20(14)17(22)24-10-11-5-3-2-4-6-11/h2-7,9,14-15,21H,8,10H2,1H3/t14-,15?/m1/s1. The third-order valence-electron chi connectivity index (χ3n) is 3.73. The first-order valence-electron chi connectivity index (χ1n) is 7.62. The van der Waals surface area contributed by atoms with Crippen molar-refractivity contribution in [3.63, 3.8) is 0 Å². The van der Waals surface area contributed by atoms with Crippen LogP contribution in [0.15, 0.2) is 42.6 Å². The zero-order valence-electron chi connectivity index (χ0n) is 13.5. The summed E-state index contributed by atoms with van der Waals surface area (Å²) in [6.45, 7) is 0.0425. The number of hydrogen-bond donors (Lipinski definition) is 1. The molecule has 8 heteroatoms. The molecule has 2 aromatic rings. The van der Waals surface area contributed by atoms with Crippen molar-refractivity contribution >= 4 is 6.09 Å². The topological polar surface area (TPSA) is 81.1 Å². The summed E-state index contributed by atoms with van der Waals surface area (Å²) >= 11 is 0. The van der Waals surface area contributed by atoms with Crippen molar-refractivity contribution in [2.24, 2.45) is 0 Å². The largest absolute Gasteiger partial charge is 0.481 e. The first-order chi connectivity index (χ1) is 12.1. The molecule has 1 saturated heterocycles. The van der Waals surface area contributed by atoms with Crippen molar-refractivity contribution in [2.45, 2.75) is 25.4 Å². The van der Waals surface area contributed by atoms with Crippen molar-refractivity contribution in [3.05, 3.63) is 59.5 Å². The van der Waals surface area contributed by atoms with Gasteiger partial charge in [-0.05, 0) is 11.6 Å². The summed E-state index contributed by atoms with van der Waals surface area (Å²) in [7, 11) is 1.38. The lowest BCUT2D eigenvalue weighted by Gasteiger charge is -2.22. The average molecular weight is 348 g/mol. The van der Waals surface area contributed by atoms with Gasteiger partial charge in [0.2, 0.25) is 5.88 Å². The number of aliphatic hydroxyl groups is 1. The fraction of sp³-hybridized carbons (Fsp3) is 0.294. The lowest BCUT2D eigenvalue weighted by atomic mass is 10.1. The van der Waals surface area contributed by atoms with E-state index in [1.54, 1.807) is 0 Å². The average Bonchev–Trinajstić information content (AvgIpc) is 3.02. The predicted octanol–water partition coefficient (Wildman–Crippen LogP) is 2.56. The highest BCUT2D eigenvalue weighted by molar-refractivity contribution is 5.67. The van der Waals surface area contributed by atoms with E-state index in [4.69, 9.17) is 14.3 Å². The van der Waals surface area contributed by atoms with E-state index in [1.807, 2.05) is 30.3 Å². The van der Waals surface area contributed by atoms with Crippen LogP contribution in [0.25, 0.3) is 0 Å². The molecule has 1 fully saturated rings. The molecule has 7 nitrogen and oxygen atoms in total. The summed E-state index contributed by atoms with van der Waals surface area (Å²) in [5.41, 5.74) is 1.09. The number of halogens is 1. The number of carbonyl (C=O) groups is 1. The third-order valence-corrected chi connectivity index (χ3v) is 3.73. The van der Waals surface area contributed by atoms with Crippen LogP contribution in [-0.4, -0.2) is 34.6 Å². The minimum Gasteiger partial charge on any atom is -0.481 e. The minimum absolute atomic E-state index is 0.0425. The third kappa shape index (κ3) is 3.86. The highest BCUT2D eigenvalue weighted by Crippen LogP contribution is 2.37. The van der Waals surface area contributed by atoms with Gasteiger partial charge in [-0.25, -0.2) is 19.0 Å². The Labute approximate surface area is 143 Å². The maximum Gasteiger partial charge on any atom is 0.434 e. The number of pyridine rings is 1. The fourth-order valence-electron chi connectivity index (χ4n) is 2.59. The molecule has 1 unspecified atom stereocenters. The van der Waals surface area contributed by atoms with Gasteiger partial charge < -0.3 is 14.6 Å². The van der Waals surface area contributed by atoms with Gasteiger partial charge in [-0.1, -0.05) is 30.3 Å². The molecule has 132 valence electrons. The number of hydroxylamine groups is 2. The first kappa shape index (κ1) is 17.1. The van der Waals surface area contributed by atoms with Gasteiger partial charge in [0.15, 0.2) is 6.29 Å². The minimum atomic E-state index is -1.22. The summed E-state index contributed by atoms with van der Waals surface area (Å²) in [5.74, 6) is -0.445. The van der Waals surface area contributed by atoms with Gasteiger partial charge in [0, 0.05) is 12.0 Å². The van der Waals surface area contributed by atoms with Crippen LogP contribution in [-0.2, 0) is 16.2 Å².